The van der Waals surface area contributed by atoms with Gasteiger partial charge in [-0.15, -0.1) is 0 Å². The third-order valence-corrected chi connectivity index (χ3v) is 3.97. The van der Waals surface area contributed by atoms with Crippen LogP contribution in [-0.2, 0) is 6.42 Å². The standard InChI is InChI=1S/C18H23N/c1-13-9-10-17(11-15(13)3)18(19-4)12-16-8-6-5-7-14(16)2/h5-11,18-19H,12H2,1-4H3. The SMILES string of the molecule is CNC(Cc1ccccc1C)c1ccc(C)c(C)c1. The van der Waals surface area contributed by atoms with Crippen molar-refractivity contribution in [2.24, 2.45) is 0 Å². The number of rotatable bonds is 4. The summed E-state index contributed by atoms with van der Waals surface area (Å²) in [5.74, 6) is 0. The molecule has 0 aliphatic carbocycles. The number of nitrogens with one attached hydrogen (secondary N) is 1. The van der Waals surface area contributed by atoms with E-state index in [4.69, 9.17) is 0 Å². The Hall–Kier alpha value is -1.60. The Balaban J connectivity index is 2.25. The lowest BCUT2D eigenvalue weighted by atomic mass is 9.94. The molecular formula is C18H23N. The van der Waals surface area contributed by atoms with E-state index in [1.165, 1.54) is 27.8 Å². The largest absolute Gasteiger partial charge is 0.313 e. The first-order chi connectivity index (χ1) is 9.11. The maximum absolute atomic E-state index is 3.44. The Kier molecular flexibility index (Phi) is 4.39. The molecule has 1 nitrogen and oxygen atoms in total. The van der Waals surface area contributed by atoms with Gasteiger partial charge in [0, 0.05) is 6.04 Å². The molecule has 0 heterocycles. The van der Waals surface area contributed by atoms with E-state index >= 15 is 0 Å². The Morgan fingerprint density at radius 3 is 2.26 bits per heavy atom. The van der Waals surface area contributed by atoms with Crippen LogP contribution in [0.3, 0.4) is 0 Å². The molecule has 1 N–H and O–H groups in total. The van der Waals surface area contributed by atoms with Crippen LogP contribution in [0.2, 0.25) is 0 Å². The van der Waals surface area contributed by atoms with Gasteiger partial charge in [-0.25, -0.2) is 0 Å². The van der Waals surface area contributed by atoms with E-state index in [2.05, 4.69) is 68.6 Å². The van der Waals surface area contributed by atoms with E-state index in [1.54, 1.807) is 0 Å². The topological polar surface area (TPSA) is 12.0 Å². The predicted octanol–water partition coefficient (Wildman–Crippen LogP) is 4.12. The van der Waals surface area contributed by atoms with Crippen molar-refractivity contribution in [3.05, 3.63) is 70.3 Å². The second-order valence-corrected chi connectivity index (χ2v) is 5.32. The van der Waals surface area contributed by atoms with E-state index in [-0.39, 0.29) is 0 Å². The Morgan fingerprint density at radius 2 is 1.63 bits per heavy atom. The van der Waals surface area contributed by atoms with Gasteiger partial charge >= 0.3 is 0 Å². The number of aryl methyl sites for hydroxylation is 3. The third kappa shape index (κ3) is 3.24. The second kappa shape index (κ2) is 6.03. The molecule has 0 fully saturated rings. The van der Waals surface area contributed by atoms with Crippen molar-refractivity contribution in [2.75, 3.05) is 7.05 Å². The van der Waals surface area contributed by atoms with Crippen LogP contribution in [0.1, 0.15) is 33.9 Å². The molecule has 19 heavy (non-hydrogen) atoms. The first-order valence-corrected chi connectivity index (χ1v) is 6.90. The van der Waals surface area contributed by atoms with Crippen molar-refractivity contribution in [1.82, 2.24) is 5.32 Å². The molecule has 100 valence electrons. The number of hydrogen-bond donors (Lipinski definition) is 1. The molecule has 0 bridgehead atoms. The van der Waals surface area contributed by atoms with Crippen LogP contribution in [0, 0.1) is 20.8 Å². The van der Waals surface area contributed by atoms with E-state index in [0.717, 1.165) is 6.42 Å². The second-order valence-electron chi connectivity index (χ2n) is 5.32. The molecule has 0 amide bonds. The van der Waals surface area contributed by atoms with Crippen LogP contribution in [0.25, 0.3) is 0 Å². The quantitative estimate of drug-likeness (QED) is 0.864. The van der Waals surface area contributed by atoms with E-state index in [1.807, 2.05) is 7.05 Å². The van der Waals surface area contributed by atoms with Crippen LogP contribution in [0.5, 0.6) is 0 Å². The average molecular weight is 253 g/mol. The van der Waals surface area contributed by atoms with Crippen LogP contribution in [0.4, 0.5) is 0 Å². The molecule has 0 spiro atoms. The fourth-order valence-electron chi connectivity index (χ4n) is 2.43. The van der Waals surface area contributed by atoms with Gasteiger partial charge in [-0.3, -0.25) is 0 Å². The highest BCUT2D eigenvalue weighted by Gasteiger charge is 2.11. The number of hydrogen-bond acceptors (Lipinski definition) is 1. The minimum absolute atomic E-state index is 0.375. The summed E-state index contributed by atoms with van der Waals surface area (Å²) in [7, 11) is 2.04. The van der Waals surface area contributed by atoms with E-state index < -0.39 is 0 Å². The molecule has 1 unspecified atom stereocenters. The van der Waals surface area contributed by atoms with Gasteiger partial charge in [0.05, 0.1) is 0 Å². The normalized spacial score (nSPS) is 12.4. The average Bonchev–Trinajstić information content (AvgIpc) is 2.41. The van der Waals surface area contributed by atoms with Crippen LogP contribution in [0.15, 0.2) is 42.5 Å². The maximum Gasteiger partial charge on any atom is 0.0358 e. The minimum atomic E-state index is 0.375. The zero-order chi connectivity index (χ0) is 13.8. The van der Waals surface area contributed by atoms with Gasteiger partial charge in [0.2, 0.25) is 0 Å². The van der Waals surface area contributed by atoms with Crippen molar-refractivity contribution in [3.8, 4) is 0 Å². The highest BCUT2D eigenvalue weighted by atomic mass is 14.9. The van der Waals surface area contributed by atoms with Crippen LogP contribution >= 0.6 is 0 Å². The minimum Gasteiger partial charge on any atom is -0.313 e. The molecule has 2 aromatic carbocycles. The van der Waals surface area contributed by atoms with Gasteiger partial charge in [-0.2, -0.15) is 0 Å². The molecule has 0 saturated heterocycles. The highest BCUT2D eigenvalue weighted by Crippen LogP contribution is 2.22. The Labute approximate surface area is 116 Å². The van der Waals surface area contributed by atoms with Gasteiger partial charge in [-0.1, -0.05) is 42.5 Å². The lowest BCUT2D eigenvalue weighted by molar-refractivity contribution is 0.590. The van der Waals surface area contributed by atoms with Crippen molar-refractivity contribution in [1.29, 1.82) is 0 Å². The summed E-state index contributed by atoms with van der Waals surface area (Å²) in [6.45, 7) is 6.52. The molecule has 1 atom stereocenters. The van der Waals surface area contributed by atoms with Gasteiger partial charge in [-0.05, 0) is 62.1 Å². The molecule has 0 radical (unpaired) electrons. The monoisotopic (exact) mass is 253 g/mol. The fourth-order valence-corrected chi connectivity index (χ4v) is 2.43. The molecule has 1 heteroatoms. The number of benzene rings is 2. The molecule has 2 rings (SSSR count). The number of likely N-dealkylation sites (N-methyl/N-ethyl adjacent to an activating group) is 1. The molecule has 0 aliphatic rings. The summed E-state index contributed by atoms with van der Waals surface area (Å²) in [4.78, 5) is 0. The van der Waals surface area contributed by atoms with Gasteiger partial charge in [0.25, 0.3) is 0 Å². The van der Waals surface area contributed by atoms with Crippen LogP contribution in [-0.4, -0.2) is 7.05 Å². The van der Waals surface area contributed by atoms with E-state index in [9.17, 15) is 0 Å². The zero-order valence-electron chi connectivity index (χ0n) is 12.3. The summed E-state index contributed by atoms with van der Waals surface area (Å²) in [5.41, 5.74) is 6.87. The fraction of sp³-hybridized carbons (Fsp3) is 0.333. The van der Waals surface area contributed by atoms with Gasteiger partial charge < -0.3 is 5.32 Å². The third-order valence-electron chi connectivity index (χ3n) is 3.97. The smallest absolute Gasteiger partial charge is 0.0358 e. The summed E-state index contributed by atoms with van der Waals surface area (Å²) >= 11 is 0. The van der Waals surface area contributed by atoms with Crippen molar-refractivity contribution in [3.63, 3.8) is 0 Å². The van der Waals surface area contributed by atoms with Crippen LogP contribution < -0.4 is 5.32 Å². The molecular weight excluding hydrogens is 230 g/mol. The van der Waals surface area contributed by atoms with E-state index in [0.29, 0.717) is 6.04 Å². The highest BCUT2D eigenvalue weighted by molar-refractivity contribution is 5.34. The van der Waals surface area contributed by atoms with Crippen molar-refractivity contribution in [2.45, 2.75) is 33.2 Å². The van der Waals surface area contributed by atoms with Gasteiger partial charge in [0.1, 0.15) is 0 Å². The summed E-state index contributed by atoms with van der Waals surface area (Å²) in [5, 5.41) is 3.44. The van der Waals surface area contributed by atoms with Crippen molar-refractivity contribution >= 4 is 0 Å². The Bertz CT molecular complexity index is 557. The zero-order valence-corrected chi connectivity index (χ0v) is 12.3. The van der Waals surface area contributed by atoms with Gasteiger partial charge in [0.15, 0.2) is 0 Å². The lowest BCUT2D eigenvalue weighted by Gasteiger charge is -2.19. The summed E-state index contributed by atoms with van der Waals surface area (Å²) < 4.78 is 0. The molecule has 0 saturated carbocycles. The summed E-state index contributed by atoms with van der Waals surface area (Å²) in [6, 6.07) is 15.8. The molecule has 0 aromatic heterocycles. The molecule has 0 aliphatic heterocycles. The first-order valence-electron chi connectivity index (χ1n) is 6.90. The lowest BCUT2D eigenvalue weighted by Crippen LogP contribution is -2.19. The Morgan fingerprint density at radius 1 is 0.895 bits per heavy atom. The summed E-state index contributed by atoms with van der Waals surface area (Å²) in [6.07, 6.45) is 1.03. The molecule has 2 aromatic rings. The maximum atomic E-state index is 3.44. The first kappa shape index (κ1) is 13.8. The predicted molar refractivity (Wildman–Crippen MR) is 82.6 cm³/mol. The van der Waals surface area contributed by atoms with Crippen molar-refractivity contribution < 1.29 is 0 Å².